The first kappa shape index (κ1) is 8.52. The molecule has 0 aromatic carbocycles. The average molecular weight is 181 g/mol. The molecule has 62 valence electrons. The molecule has 0 aliphatic heterocycles. The minimum atomic E-state index is -4.15. The molecular formula is C6H6F3NS. The minimum absolute atomic E-state index is 0.262. The van der Waals surface area contributed by atoms with Crippen molar-refractivity contribution in [1.82, 2.24) is 4.98 Å². The summed E-state index contributed by atoms with van der Waals surface area (Å²) < 4.78 is 36.0. The number of thiazole rings is 1. The fourth-order valence-corrected chi connectivity index (χ4v) is 1.30. The van der Waals surface area contributed by atoms with Gasteiger partial charge in [0.15, 0.2) is 0 Å². The van der Waals surface area contributed by atoms with Crippen molar-refractivity contribution < 1.29 is 13.2 Å². The Morgan fingerprint density at radius 3 is 2.55 bits per heavy atom. The van der Waals surface area contributed by atoms with Crippen molar-refractivity contribution in [2.24, 2.45) is 0 Å². The second kappa shape index (κ2) is 2.81. The molecule has 0 amide bonds. The van der Waals surface area contributed by atoms with Crippen LogP contribution in [-0.4, -0.2) is 11.2 Å². The minimum Gasteiger partial charge on any atom is -0.253 e. The Balaban J connectivity index is 2.78. The standard InChI is InChI=1S/C6H6F3NS/c1-4(6(7,8)9)5-2-10-3-11-5/h2-4H,1H3. The molecule has 0 saturated carbocycles. The van der Waals surface area contributed by atoms with Crippen LogP contribution < -0.4 is 0 Å². The number of hydrogen-bond donors (Lipinski definition) is 0. The number of alkyl halides is 3. The van der Waals surface area contributed by atoms with E-state index in [1.54, 1.807) is 0 Å². The van der Waals surface area contributed by atoms with E-state index < -0.39 is 12.1 Å². The highest BCUT2D eigenvalue weighted by Crippen LogP contribution is 2.35. The molecule has 0 fully saturated rings. The lowest BCUT2D eigenvalue weighted by Gasteiger charge is -2.12. The zero-order valence-electron chi connectivity index (χ0n) is 5.72. The summed E-state index contributed by atoms with van der Waals surface area (Å²) in [5.74, 6) is -1.39. The molecule has 1 aromatic rings. The number of halogens is 3. The Bertz CT molecular complexity index is 216. The molecule has 1 unspecified atom stereocenters. The second-order valence-electron chi connectivity index (χ2n) is 2.17. The molecule has 0 bridgehead atoms. The van der Waals surface area contributed by atoms with Crippen molar-refractivity contribution >= 4 is 11.3 Å². The summed E-state index contributed by atoms with van der Waals surface area (Å²) in [5.41, 5.74) is 1.40. The smallest absolute Gasteiger partial charge is 0.253 e. The van der Waals surface area contributed by atoms with Gasteiger partial charge in [-0.2, -0.15) is 13.2 Å². The maximum Gasteiger partial charge on any atom is 0.396 e. The molecular weight excluding hydrogens is 175 g/mol. The van der Waals surface area contributed by atoms with Gasteiger partial charge in [0.1, 0.15) is 0 Å². The molecule has 0 aliphatic carbocycles. The van der Waals surface area contributed by atoms with E-state index in [1.807, 2.05) is 0 Å². The average Bonchev–Trinajstić information content (AvgIpc) is 2.34. The van der Waals surface area contributed by atoms with Crippen LogP contribution in [0.3, 0.4) is 0 Å². The molecule has 1 rings (SSSR count). The Hall–Kier alpha value is -0.580. The van der Waals surface area contributed by atoms with Gasteiger partial charge >= 0.3 is 6.18 Å². The molecule has 0 saturated heterocycles. The molecule has 1 atom stereocenters. The molecule has 1 heterocycles. The second-order valence-corrected chi connectivity index (χ2v) is 3.09. The summed E-state index contributed by atoms with van der Waals surface area (Å²) >= 11 is 1.03. The largest absolute Gasteiger partial charge is 0.396 e. The lowest BCUT2D eigenvalue weighted by molar-refractivity contribution is -0.145. The van der Waals surface area contributed by atoms with Gasteiger partial charge < -0.3 is 0 Å². The van der Waals surface area contributed by atoms with E-state index in [1.165, 1.54) is 11.7 Å². The Kier molecular flexibility index (Phi) is 2.17. The number of aromatic nitrogens is 1. The topological polar surface area (TPSA) is 12.9 Å². The summed E-state index contributed by atoms with van der Waals surface area (Å²) in [6, 6.07) is 0. The zero-order valence-corrected chi connectivity index (χ0v) is 6.54. The van der Waals surface area contributed by atoms with Crippen LogP contribution in [0, 0.1) is 0 Å². The summed E-state index contributed by atoms with van der Waals surface area (Å²) in [5, 5.41) is 0. The van der Waals surface area contributed by atoms with Crippen LogP contribution in [0.2, 0.25) is 0 Å². The molecule has 0 spiro atoms. The molecule has 1 nitrogen and oxygen atoms in total. The van der Waals surface area contributed by atoms with Gasteiger partial charge in [0, 0.05) is 11.1 Å². The maximum absolute atomic E-state index is 12.0. The van der Waals surface area contributed by atoms with E-state index in [4.69, 9.17) is 0 Å². The van der Waals surface area contributed by atoms with Gasteiger partial charge in [0.2, 0.25) is 0 Å². The van der Waals surface area contributed by atoms with Crippen LogP contribution in [0.5, 0.6) is 0 Å². The fraction of sp³-hybridized carbons (Fsp3) is 0.500. The van der Waals surface area contributed by atoms with Gasteiger partial charge in [-0.25, -0.2) is 0 Å². The zero-order chi connectivity index (χ0) is 8.48. The van der Waals surface area contributed by atoms with Crippen molar-refractivity contribution in [2.45, 2.75) is 19.0 Å². The van der Waals surface area contributed by atoms with Gasteiger partial charge in [0.25, 0.3) is 0 Å². The van der Waals surface area contributed by atoms with E-state index in [2.05, 4.69) is 4.98 Å². The van der Waals surface area contributed by atoms with Crippen LogP contribution in [0.15, 0.2) is 11.7 Å². The Labute approximate surface area is 65.9 Å². The van der Waals surface area contributed by atoms with Gasteiger partial charge in [0.05, 0.1) is 11.4 Å². The van der Waals surface area contributed by atoms with Crippen molar-refractivity contribution in [3.63, 3.8) is 0 Å². The van der Waals surface area contributed by atoms with Crippen LogP contribution in [0.1, 0.15) is 17.7 Å². The van der Waals surface area contributed by atoms with Crippen LogP contribution in [0.25, 0.3) is 0 Å². The van der Waals surface area contributed by atoms with Gasteiger partial charge in [-0.15, -0.1) is 11.3 Å². The quantitative estimate of drug-likeness (QED) is 0.649. The highest BCUT2D eigenvalue weighted by molar-refractivity contribution is 7.09. The van der Waals surface area contributed by atoms with E-state index in [0.717, 1.165) is 18.3 Å². The van der Waals surface area contributed by atoms with Gasteiger partial charge in [-0.1, -0.05) is 0 Å². The first-order valence-electron chi connectivity index (χ1n) is 2.97. The molecule has 0 N–H and O–H groups in total. The van der Waals surface area contributed by atoms with E-state index >= 15 is 0 Å². The number of hydrogen-bond acceptors (Lipinski definition) is 2. The first-order chi connectivity index (χ1) is 5.02. The third-order valence-corrected chi connectivity index (χ3v) is 2.33. The third kappa shape index (κ3) is 1.92. The van der Waals surface area contributed by atoms with Crippen LogP contribution >= 0.6 is 11.3 Å². The predicted octanol–water partition coefficient (Wildman–Crippen LogP) is 2.81. The predicted molar refractivity (Wildman–Crippen MR) is 36.6 cm³/mol. The Morgan fingerprint density at radius 1 is 1.55 bits per heavy atom. The van der Waals surface area contributed by atoms with Crippen LogP contribution in [-0.2, 0) is 0 Å². The highest BCUT2D eigenvalue weighted by atomic mass is 32.1. The normalized spacial score (nSPS) is 14.9. The van der Waals surface area contributed by atoms with Crippen molar-refractivity contribution in [3.05, 3.63) is 16.6 Å². The molecule has 0 aliphatic rings. The highest BCUT2D eigenvalue weighted by Gasteiger charge is 2.37. The molecule has 5 heteroatoms. The first-order valence-corrected chi connectivity index (χ1v) is 3.85. The lowest BCUT2D eigenvalue weighted by atomic mass is 10.1. The third-order valence-electron chi connectivity index (χ3n) is 1.37. The number of nitrogens with zero attached hydrogens (tertiary/aromatic N) is 1. The number of rotatable bonds is 1. The fourth-order valence-electron chi connectivity index (χ4n) is 0.601. The van der Waals surface area contributed by atoms with Crippen molar-refractivity contribution in [2.75, 3.05) is 0 Å². The van der Waals surface area contributed by atoms with E-state index in [9.17, 15) is 13.2 Å². The molecule has 11 heavy (non-hydrogen) atoms. The van der Waals surface area contributed by atoms with Crippen molar-refractivity contribution in [1.29, 1.82) is 0 Å². The summed E-state index contributed by atoms with van der Waals surface area (Å²) in [6.07, 6.45) is -2.89. The van der Waals surface area contributed by atoms with E-state index in [-0.39, 0.29) is 4.88 Å². The Morgan fingerprint density at radius 2 is 2.18 bits per heavy atom. The van der Waals surface area contributed by atoms with Crippen LogP contribution in [0.4, 0.5) is 13.2 Å². The van der Waals surface area contributed by atoms with Gasteiger partial charge in [-0.05, 0) is 6.92 Å². The van der Waals surface area contributed by atoms with Gasteiger partial charge in [-0.3, -0.25) is 4.98 Å². The summed E-state index contributed by atoms with van der Waals surface area (Å²) in [7, 11) is 0. The summed E-state index contributed by atoms with van der Waals surface area (Å²) in [4.78, 5) is 3.84. The molecule has 1 aromatic heterocycles. The maximum atomic E-state index is 12.0. The molecule has 0 radical (unpaired) electrons. The van der Waals surface area contributed by atoms with Crippen molar-refractivity contribution in [3.8, 4) is 0 Å². The summed E-state index contributed by atoms with van der Waals surface area (Å²) in [6.45, 7) is 1.13. The monoisotopic (exact) mass is 181 g/mol. The SMILES string of the molecule is CC(c1cncs1)C(F)(F)F. The van der Waals surface area contributed by atoms with E-state index in [0.29, 0.717) is 0 Å². The lowest BCUT2D eigenvalue weighted by Crippen LogP contribution is -2.16.